The molecule has 0 aliphatic carbocycles. The fourth-order valence-corrected chi connectivity index (χ4v) is 1.89. The summed E-state index contributed by atoms with van der Waals surface area (Å²) in [5.74, 6) is -0.825. The van der Waals surface area contributed by atoms with Gasteiger partial charge in [0.1, 0.15) is 0 Å². The summed E-state index contributed by atoms with van der Waals surface area (Å²) in [6, 6.07) is 5.21. The minimum Gasteiger partial charge on any atom is -0.469 e. The summed E-state index contributed by atoms with van der Waals surface area (Å²) in [6.07, 6.45) is 0.0230. The van der Waals surface area contributed by atoms with Gasteiger partial charge in [0, 0.05) is 30.8 Å². The Morgan fingerprint density at radius 3 is 2.42 bits per heavy atom. The van der Waals surface area contributed by atoms with Crippen LogP contribution in [0.3, 0.4) is 0 Å². The number of carbonyl (C=O) groups excluding carboxylic acids is 2. The van der Waals surface area contributed by atoms with Crippen LogP contribution in [0.25, 0.3) is 0 Å². The Morgan fingerprint density at radius 2 is 1.88 bits per heavy atom. The number of nitrogens with zero attached hydrogens (tertiary/aromatic N) is 2. The van der Waals surface area contributed by atoms with Crippen molar-refractivity contribution < 1.29 is 29.1 Å². The van der Waals surface area contributed by atoms with E-state index < -0.39 is 10.9 Å². The summed E-state index contributed by atoms with van der Waals surface area (Å²) in [7, 11) is 1.26. The highest BCUT2D eigenvalue weighted by atomic mass is 16.6. The molecular weight excluding hydrogens is 320 g/mol. The summed E-state index contributed by atoms with van der Waals surface area (Å²) in [5.41, 5.74) is 0.159. The molecular formula is C15H20N2O7. The van der Waals surface area contributed by atoms with Crippen LogP contribution in [-0.4, -0.2) is 66.8 Å². The number of aliphatic hydroxyl groups excluding tert-OH is 1. The maximum Gasteiger partial charge on any atom is 0.307 e. The zero-order chi connectivity index (χ0) is 17.9. The van der Waals surface area contributed by atoms with Crippen molar-refractivity contribution in [1.29, 1.82) is 0 Å². The van der Waals surface area contributed by atoms with Gasteiger partial charge in [-0.1, -0.05) is 0 Å². The van der Waals surface area contributed by atoms with Gasteiger partial charge >= 0.3 is 5.97 Å². The lowest BCUT2D eigenvalue weighted by Crippen LogP contribution is -2.36. The molecule has 0 saturated carbocycles. The maximum atomic E-state index is 12.5. The molecule has 0 aliphatic heterocycles. The first-order chi connectivity index (χ1) is 11.5. The van der Waals surface area contributed by atoms with Crippen molar-refractivity contribution in [2.75, 3.05) is 40.0 Å². The number of rotatable bonds is 10. The Morgan fingerprint density at radius 1 is 1.21 bits per heavy atom. The molecule has 0 bridgehead atoms. The summed E-state index contributed by atoms with van der Waals surface area (Å²) in [6.45, 7) is 0.563. The van der Waals surface area contributed by atoms with Gasteiger partial charge in [0.05, 0.1) is 38.3 Å². The van der Waals surface area contributed by atoms with Crippen LogP contribution in [0.1, 0.15) is 16.8 Å². The fraction of sp³-hybridized carbons (Fsp3) is 0.467. The van der Waals surface area contributed by atoms with E-state index in [2.05, 4.69) is 4.74 Å². The summed E-state index contributed by atoms with van der Waals surface area (Å²) >= 11 is 0. The van der Waals surface area contributed by atoms with Crippen LogP contribution in [0, 0.1) is 10.1 Å². The third-order valence-corrected chi connectivity index (χ3v) is 3.17. The lowest BCUT2D eigenvalue weighted by molar-refractivity contribution is -0.384. The van der Waals surface area contributed by atoms with Crippen LogP contribution in [0.5, 0.6) is 0 Å². The number of hydrogen-bond acceptors (Lipinski definition) is 7. The van der Waals surface area contributed by atoms with Crippen LogP contribution in [0.15, 0.2) is 24.3 Å². The molecule has 1 aromatic rings. The second kappa shape index (κ2) is 10.3. The Balaban J connectivity index is 2.76. The van der Waals surface area contributed by atoms with Gasteiger partial charge in [-0.05, 0) is 12.1 Å². The number of non-ortho nitro benzene ring substituents is 1. The van der Waals surface area contributed by atoms with Gasteiger partial charge in [0.25, 0.3) is 11.6 Å². The van der Waals surface area contributed by atoms with Gasteiger partial charge < -0.3 is 19.5 Å². The third-order valence-electron chi connectivity index (χ3n) is 3.17. The first-order valence-electron chi connectivity index (χ1n) is 7.28. The number of hydrogen-bond donors (Lipinski definition) is 1. The predicted octanol–water partition coefficient (Wildman–Crippen LogP) is 0.609. The highest BCUT2D eigenvalue weighted by molar-refractivity contribution is 5.94. The molecule has 0 radical (unpaired) electrons. The molecule has 1 amide bonds. The number of amides is 1. The van der Waals surface area contributed by atoms with E-state index in [4.69, 9.17) is 9.84 Å². The van der Waals surface area contributed by atoms with Gasteiger partial charge in [-0.3, -0.25) is 19.7 Å². The van der Waals surface area contributed by atoms with Crippen molar-refractivity contribution in [2.45, 2.75) is 6.42 Å². The Hall–Kier alpha value is -2.52. The van der Waals surface area contributed by atoms with E-state index in [0.29, 0.717) is 0 Å². The lowest BCUT2D eigenvalue weighted by Gasteiger charge is -2.22. The number of methoxy groups -OCH3 is 1. The number of ether oxygens (including phenoxy) is 2. The zero-order valence-corrected chi connectivity index (χ0v) is 13.3. The van der Waals surface area contributed by atoms with Gasteiger partial charge in [-0.2, -0.15) is 0 Å². The second-order valence-corrected chi connectivity index (χ2v) is 4.76. The van der Waals surface area contributed by atoms with Gasteiger partial charge in [-0.15, -0.1) is 0 Å². The van der Waals surface area contributed by atoms with Crippen LogP contribution in [0.2, 0.25) is 0 Å². The van der Waals surface area contributed by atoms with Crippen LogP contribution < -0.4 is 0 Å². The first kappa shape index (κ1) is 19.5. The molecule has 0 aromatic heterocycles. The maximum absolute atomic E-state index is 12.5. The minimum absolute atomic E-state index is 0.0230. The van der Waals surface area contributed by atoms with Crippen LogP contribution >= 0.6 is 0 Å². The van der Waals surface area contributed by atoms with E-state index in [9.17, 15) is 19.7 Å². The number of benzene rings is 1. The van der Waals surface area contributed by atoms with Crippen molar-refractivity contribution in [3.63, 3.8) is 0 Å². The molecule has 24 heavy (non-hydrogen) atoms. The molecule has 0 atom stereocenters. The van der Waals surface area contributed by atoms with E-state index in [1.54, 1.807) is 0 Å². The molecule has 0 aliphatic rings. The van der Waals surface area contributed by atoms with Crippen molar-refractivity contribution in [3.05, 3.63) is 39.9 Å². The normalized spacial score (nSPS) is 10.2. The Labute approximate surface area is 138 Å². The van der Waals surface area contributed by atoms with E-state index >= 15 is 0 Å². The molecule has 9 nitrogen and oxygen atoms in total. The largest absolute Gasteiger partial charge is 0.469 e. The molecule has 0 spiro atoms. The second-order valence-electron chi connectivity index (χ2n) is 4.76. The molecule has 0 heterocycles. The van der Waals surface area contributed by atoms with Crippen molar-refractivity contribution in [2.24, 2.45) is 0 Å². The zero-order valence-electron chi connectivity index (χ0n) is 13.3. The van der Waals surface area contributed by atoms with E-state index in [-0.39, 0.29) is 56.5 Å². The number of esters is 1. The molecule has 132 valence electrons. The van der Waals surface area contributed by atoms with Crippen molar-refractivity contribution in [1.82, 2.24) is 4.90 Å². The van der Waals surface area contributed by atoms with Crippen LogP contribution in [-0.2, 0) is 14.3 Å². The van der Waals surface area contributed by atoms with E-state index in [0.717, 1.165) is 0 Å². The first-order valence-corrected chi connectivity index (χ1v) is 7.28. The molecule has 1 rings (SSSR count). The number of nitro groups is 1. The quantitative estimate of drug-likeness (QED) is 0.287. The van der Waals surface area contributed by atoms with Gasteiger partial charge in [-0.25, -0.2) is 0 Å². The monoisotopic (exact) mass is 340 g/mol. The number of nitro benzene ring substituents is 1. The SMILES string of the molecule is COC(=O)CCN(CCOCCO)C(=O)c1ccc([N+](=O)[O-])cc1. The van der Waals surface area contributed by atoms with Gasteiger partial charge in [0.2, 0.25) is 0 Å². The summed E-state index contributed by atoms with van der Waals surface area (Å²) in [5, 5.41) is 19.3. The average Bonchev–Trinajstić information content (AvgIpc) is 2.60. The smallest absolute Gasteiger partial charge is 0.307 e. The van der Waals surface area contributed by atoms with E-state index in [1.807, 2.05) is 0 Å². The summed E-state index contributed by atoms with van der Waals surface area (Å²) < 4.78 is 9.69. The van der Waals surface area contributed by atoms with Crippen molar-refractivity contribution >= 4 is 17.6 Å². The summed E-state index contributed by atoms with van der Waals surface area (Å²) in [4.78, 5) is 35.3. The highest BCUT2D eigenvalue weighted by Gasteiger charge is 2.18. The molecule has 0 saturated heterocycles. The highest BCUT2D eigenvalue weighted by Crippen LogP contribution is 2.14. The fourth-order valence-electron chi connectivity index (χ4n) is 1.89. The van der Waals surface area contributed by atoms with Crippen LogP contribution in [0.4, 0.5) is 5.69 Å². The third kappa shape index (κ3) is 6.31. The molecule has 1 aromatic carbocycles. The van der Waals surface area contributed by atoms with Crippen molar-refractivity contribution in [3.8, 4) is 0 Å². The Bertz CT molecular complexity index is 559. The topological polar surface area (TPSA) is 119 Å². The number of carbonyl (C=O) groups is 2. The molecule has 9 heteroatoms. The molecule has 0 fully saturated rings. The molecule has 1 N–H and O–H groups in total. The number of aliphatic hydroxyl groups is 1. The average molecular weight is 340 g/mol. The minimum atomic E-state index is -0.550. The Kier molecular flexibility index (Phi) is 8.37. The van der Waals surface area contributed by atoms with Gasteiger partial charge in [0.15, 0.2) is 0 Å². The molecule has 0 unspecified atom stereocenters. The lowest BCUT2D eigenvalue weighted by atomic mass is 10.1. The predicted molar refractivity (Wildman–Crippen MR) is 83.5 cm³/mol. The van der Waals surface area contributed by atoms with E-state index in [1.165, 1.54) is 36.3 Å². The standard InChI is InChI=1S/C15H20N2O7/c1-23-14(19)6-7-16(8-10-24-11-9-18)15(20)12-2-4-13(5-3-12)17(21)22/h2-5,18H,6-11H2,1H3.